The van der Waals surface area contributed by atoms with Crippen molar-refractivity contribution in [2.75, 3.05) is 13.7 Å². The molecule has 0 amide bonds. The summed E-state index contributed by atoms with van der Waals surface area (Å²) in [6.45, 7) is 6.06. The van der Waals surface area contributed by atoms with Crippen LogP contribution in [-0.4, -0.2) is 19.8 Å². The maximum absolute atomic E-state index is 5.21. The van der Waals surface area contributed by atoms with Gasteiger partial charge in [-0.05, 0) is 43.8 Å². The lowest BCUT2D eigenvalue weighted by Crippen LogP contribution is -2.37. The standard InChI is InChI=1S/C11H17Br2NOS/c1-7(2)10(6-15-3)14-5-8-4-9(12)11(13)16-8/h4,7,10,14H,5-6H2,1-3H3. The predicted octanol–water partition coefficient (Wildman–Crippen LogP) is 4.03. The molecule has 1 unspecified atom stereocenters. The SMILES string of the molecule is COCC(NCc1cc(Br)c(Br)s1)C(C)C. The molecular formula is C11H17Br2NOS. The summed E-state index contributed by atoms with van der Waals surface area (Å²) >= 11 is 8.75. The molecule has 0 saturated heterocycles. The van der Waals surface area contributed by atoms with E-state index in [0.717, 1.165) is 21.4 Å². The first kappa shape index (κ1) is 14.6. The Bertz CT molecular complexity index is 308. The monoisotopic (exact) mass is 369 g/mol. The highest BCUT2D eigenvalue weighted by atomic mass is 79.9. The minimum atomic E-state index is 0.407. The second-order valence-corrected chi connectivity index (χ2v) is 7.33. The molecule has 0 aliphatic carbocycles. The molecular weight excluding hydrogens is 354 g/mol. The summed E-state index contributed by atoms with van der Waals surface area (Å²) in [5, 5.41) is 3.52. The van der Waals surface area contributed by atoms with E-state index in [1.165, 1.54) is 4.88 Å². The van der Waals surface area contributed by atoms with Crippen LogP contribution < -0.4 is 5.32 Å². The van der Waals surface area contributed by atoms with Gasteiger partial charge in [0.15, 0.2) is 0 Å². The summed E-state index contributed by atoms with van der Waals surface area (Å²) < 4.78 is 7.48. The van der Waals surface area contributed by atoms with Gasteiger partial charge in [0.25, 0.3) is 0 Å². The third-order valence-corrected chi connectivity index (χ3v) is 5.64. The molecule has 5 heteroatoms. The molecule has 0 saturated carbocycles. The van der Waals surface area contributed by atoms with Crippen LogP contribution in [-0.2, 0) is 11.3 Å². The van der Waals surface area contributed by atoms with Crippen molar-refractivity contribution >= 4 is 43.2 Å². The van der Waals surface area contributed by atoms with Crippen molar-refractivity contribution in [1.82, 2.24) is 5.32 Å². The lowest BCUT2D eigenvalue weighted by atomic mass is 10.1. The van der Waals surface area contributed by atoms with E-state index >= 15 is 0 Å². The first-order valence-corrected chi connectivity index (χ1v) is 7.61. The van der Waals surface area contributed by atoms with Crippen LogP contribution in [0.4, 0.5) is 0 Å². The van der Waals surface area contributed by atoms with E-state index in [1.54, 1.807) is 18.4 Å². The molecule has 0 aromatic carbocycles. The van der Waals surface area contributed by atoms with Crippen LogP contribution in [0.15, 0.2) is 14.3 Å². The molecule has 0 bridgehead atoms. The van der Waals surface area contributed by atoms with Crippen LogP contribution in [0.25, 0.3) is 0 Å². The number of halogens is 2. The Balaban J connectivity index is 2.48. The highest BCUT2D eigenvalue weighted by Crippen LogP contribution is 2.32. The minimum Gasteiger partial charge on any atom is -0.383 e. The van der Waals surface area contributed by atoms with Crippen molar-refractivity contribution in [3.05, 3.63) is 19.2 Å². The number of ether oxygens (including phenoxy) is 1. The molecule has 0 spiro atoms. The van der Waals surface area contributed by atoms with E-state index in [1.807, 2.05) is 0 Å². The third kappa shape index (κ3) is 4.45. The fourth-order valence-electron chi connectivity index (χ4n) is 1.38. The van der Waals surface area contributed by atoms with Crippen molar-refractivity contribution in [2.45, 2.75) is 26.4 Å². The van der Waals surface area contributed by atoms with E-state index in [0.29, 0.717) is 12.0 Å². The zero-order chi connectivity index (χ0) is 12.1. The second-order valence-electron chi connectivity index (χ2n) is 4.02. The van der Waals surface area contributed by atoms with Crippen LogP contribution in [0.2, 0.25) is 0 Å². The van der Waals surface area contributed by atoms with Gasteiger partial charge >= 0.3 is 0 Å². The molecule has 1 aromatic rings. The molecule has 0 fully saturated rings. The molecule has 1 atom stereocenters. The van der Waals surface area contributed by atoms with E-state index < -0.39 is 0 Å². The zero-order valence-corrected chi connectivity index (χ0v) is 13.7. The Morgan fingerprint density at radius 1 is 1.44 bits per heavy atom. The maximum atomic E-state index is 5.21. The predicted molar refractivity (Wildman–Crippen MR) is 77.1 cm³/mol. The highest BCUT2D eigenvalue weighted by Gasteiger charge is 2.13. The van der Waals surface area contributed by atoms with Gasteiger partial charge in [-0.3, -0.25) is 0 Å². The molecule has 16 heavy (non-hydrogen) atoms. The molecule has 0 radical (unpaired) electrons. The molecule has 1 aromatic heterocycles. The van der Waals surface area contributed by atoms with Gasteiger partial charge < -0.3 is 10.1 Å². The number of hydrogen-bond acceptors (Lipinski definition) is 3. The molecule has 0 aliphatic rings. The summed E-state index contributed by atoms with van der Waals surface area (Å²) in [6.07, 6.45) is 0. The average Bonchev–Trinajstić information content (AvgIpc) is 2.53. The fraction of sp³-hybridized carbons (Fsp3) is 0.636. The first-order valence-electron chi connectivity index (χ1n) is 5.20. The van der Waals surface area contributed by atoms with Crippen LogP contribution in [0.5, 0.6) is 0 Å². The van der Waals surface area contributed by atoms with E-state index in [-0.39, 0.29) is 0 Å². The van der Waals surface area contributed by atoms with Crippen molar-refractivity contribution in [3.63, 3.8) is 0 Å². The lowest BCUT2D eigenvalue weighted by Gasteiger charge is -2.21. The van der Waals surface area contributed by atoms with Crippen molar-refractivity contribution < 1.29 is 4.74 Å². The summed E-state index contributed by atoms with van der Waals surface area (Å²) in [4.78, 5) is 1.32. The maximum Gasteiger partial charge on any atom is 0.0843 e. The van der Waals surface area contributed by atoms with Crippen LogP contribution in [0, 0.1) is 5.92 Å². The molecule has 1 rings (SSSR count). The number of thiophene rings is 1. The van der Waals surface area contributed by atoms with E-state index in [9.17, 15) is 0 Å². The number of hydrogen-bond donors (Lipinski definition) is 1. The lowest BCUT2D eigenvalue weighted by molar-refractivity contribution is 0.146. The topological polar surface area (TPSA) is 21.3 Å². The molecule has 1 heterocycles. The minimum absolute atomic E-state index is 0.407. The summed E-state index contributed by atoms with van der Waals surface area (Å²) in [7, 11) is 1.75. The summed E-state index contributed by atoms with van der Waals surface area (Å²) in [5.41, 5.74) is 0. The highest BCUT2D eigenvalue weighted by molar-refractivity contribution is 9.13. The largest absolute Gasteiger partial charge is 0.383 e. The van der Waals surface area contributed by atoms with Gasteiger partial charge in [-0.25, -0.2) is 0 Å². The van der Waals surface area contributed by atoms with Crippen molar-refractivity contribution in [2.24, 2.45) is 5.92 Å². The summed E-state index contributed by atoms with van der Waals surface area (Å²) in [6, 6.07) is 2.55. The van der Waals surface area contributed by atoms with Gasteiger partial charge in [-0.15, -0.1) is 11.3 Å². The van der Waals surface area contributed by atoms with E-state index in [2.05, 4.69) is 57.1 Å². The van der Waals surface area contributed by atoms with Gasteiger partial charge in [0.2, 0.25) is 0 Å². The van der Waals surface area contributed by atoms with Gasteiger partial charge in [0.1, 0.15) is 0 Å². The van der Waals surface area contributed by atoms with E-state index in [4.69, 9.17) is 4.74 Å². The van der Waals surface area contributed by atoms with Gasteiger partial charge in [0.05, 0.1) is 10.4 Å². The summed E-state index contributed by atoms with van der Waals surface area (Å²) in [5.74, 6) is 0.576. The molecule has 1 N–H and O–H groups in total. The Morgan fingerprint density at radius 2 is 2.12 bits per heavy atom. The Kier molecular flexibility index (Phi) is 6.51. The van der Waals surface area contributed by atoms with Crippen molar-refractivity contribution in [1.29, 1.82) is 0 Å². The molecule has 92 valence electrons. The fourth-order valence-corrected chi connectivity index (χ4v) is 3.50. The zero-order valence-electron chi connectivity index (χ0n) is 9.72. The van der Waals surface area contributed by atoms with Crippen LogP contribution >= 0.6 is 43.2 Å². The second kappa shape index (κ2) is 7.11. The smallest absolute Gasteiger partial charge is 0.0843 e. The molecule has 0 aliphatic heterocycles. The Hall–Kier alpha value is 0.580. The van der Waals surface area contributed by atoms with Gasteiger partial charge in [0, 0.05) is 29.0 Å². The average molecular weight is 371 g/mol. The Labute approximate surface area is 118 Å². The first-order chi connectivity index (χ1) is 7.54. The molecule has 2 nitrogen and oxygen atoms in total. The van der Waals surface area contributed by atoms with Crippen LogP contribution in [0.3, 0.4) is 0 Å². The van der Waals surface area contributed by atoms with Gasteiger partial charge in [-0.1, -0.05) is 13.8 Å². The number of rotatable bonds is 6. The third-order valence-electron chi connectivity index (χ3n) is 2.39. The van der Waals surface area contributed by atoms with Crippen LogP contribution in [0.1, 0.15) is 18.7 Å². The van der Waals surface area contributed by atoms with Crippen molar-refractivity contribution in [3.8, 4) is 0 Å². The number of nitrogens with one attached hydrogen (secondary N) is 1. The Morgan fingerprint density at radius 3 is 2.56 bits per heavy atom. The normalized spacial score (nSPS) is 13.4. The van der Waals surface area contributed by atoms with Gasteiger partial charge in [-0.2, -0.15) is 0 Å². The quantitative estimate of drug-likeness (QED) is 0.815. The number of methoxy groups -OCH3 is 1.